The quantitative estimate of drug-likeness (QED) is 0.596. The van der Waals surface area contributed by atoms with Gasteiger partial charge < -0.3 is 0 Å². The van der Waals surface area contributed by atoms with Crippen LogP contribution in [-0.4, -0.2) is 26.1 Å². The van der Waals surface area contributed by atoms with Crippen LogP contribution in [0.25, 0.3) is 11.4 Å². The highest BCUT2D eigenvalue weighted by atomic mass is 32.1. The fraction of sp³-hybridized carbons (Fsp3) is 0.0667. The summed E-state index contributed by atoms with van der Waals surface area (Å²) in [7, 11) is 0. The van der Waals surface area contributed by atoms with Crippen molar-refractivity contribution >= 4 is 18.4 Å². The standard InChI is InChI=1S/C15H13N5S/c1-11-4-2-5-12(8-11)9-17-20-14(18-19-15(20)21)13-6-3-7-16-10-13/h2-10H,1H3,(H,19,21)/b17-9-. The van der Waals surface area contributed by atoms with Gasteiger partial charge in [0.25, 0.3) is 0 Å². The predicted molar refractivity (Wildman–Crippen MR) is 84.8 cm³/mol. The third kappa shape index (κ3) is 2.95. The van der Waals surface area contributed by atoms with E-state index in [0.717, 1.165) is 11.1 Å². The van der Waals surface area contributed by atoms with Crippen LogP contribution in [0.5, 0.6) is 0 Å². The molecule has 0 aliphatic heterocycles. The van der Waals surface area contributed by atoms with Crippen molar-refractivity contribution in [1.29, 1.82) is 0 Å². The normalized spacial score (nSPS) is 11.1. The summed E-state index contributed by atoms with van der Waals surface area (Å²) in [4.78, 5) is 4.09. The van der Waals surface area contributed by atoms with E-state index in [9.17, 15) is 0 Å². The first-order chi connectivity index (χ1) is 10.2. The number of aryl methyl sites for hydroxylation is 1. The van der Waals surface area contributed by atoms with Gasteiger partial charge >= 0.3 is 0 Å². The average Bonchev–Trinajstić information content (AvgIpc) is 2.87. The Morgan fingerprint density at radius 2 is 2.19 bits per heavy atom. The summed E-state index contributed by atoms with van der Waals surface area (Å²) in [6, 6.07) is 11.8. The lowest BCUT2D eigenvalue weighted by molar-refractivity contribution is 0.871. The lowest BCUT2D eigenvalue weighted by Gasteiger charge is -2.00. The highest BCUT2D eigenvalue weighted by Crippen LogP contribution is 2.15. The van der Waals surface area contributed by atoms with E-state index in [1.165, 1.54) is 5.56 Å². The maximum absolute atomic E-state index is 5.22. The lowest BCUT2D eigenvalue weighted by Crippen LogP contribution is -1.95. The largest absolute Gasteiger partial charge is 0.264 e. The molecule has 0 unspecified atom stereocenters. The first-order valence-electron chi connectivity index (χ1n) is 6.43. The van der Waals surface area contributed by atoms with Crippen LogP contribution in [0.2, 0.25) is 0 Å². The molecule has 1 N–H and O–H groups in total. The average molecular weight is 295 g/mol. The first-order valence-corrected chi connectivity index (χ1v) is 6.84. The van der Waals surface area contributed by atoms with Crippen LogP contribution in [-0.2, 0) is 0 Å². The number of H-pyrrole nitrogens is 1. The summed E-state index contributed by atoms with van der Waals surface area (Å²) in [6.07, 6.45) is 5.20. The van der Waals surface area contributed by atoms with E-state index in [-0.39, 0.29) is 0 Å². The van der Waals surface area contributed by atoms with Crippen molar-refractivity contribution in [2.45, 2.75) is 6.92 Å². The van der Waals surface area contributed by atoms with E-state index in [4.69, 9.17) is 12.2 Å². The van der Waals surface area contributed by atoms with Gasteiger partial charge in [0, 0.05) is 18.0 Å². The van der Waals surface area contributed by atoms with Crippen molar-refractivity contribution in [3.05, 3.63) is 64.7 Å². The molecule has 0 fully saturated rings. The second kappa shape index (κ2) is 5.80. The van der Waals surface area contributed by atoms with Crippen molar-refractivity contribution in [2.24, 2.45) is 5.10 Å². The molecule has 0 amide bonds. The Bertz CT molecular complexity index is 833. The topological polar surface area (TPSA) is 58.9 Å². The molecule has 0 radical (unpaired) electrons. The zero-order valence-corrected chi connectivity index (χ0v) is 12.2. The summed E-state index contributed by atoms with van der Waals surface area (Å²) in [5, 5.41) is 11.4. The van der Waals surface area contributed by atoms with Gasteiger partial charge in [-0.3, -0.25) is 4.98 Å². The molecular weight excluding hydrogens is 282 g/mol. The van der Waals surface area contributed by atoms with Gasteiger partial charge in [-0.05, 0) is 36.8 Å². The van der Waals surface area contributed by atoms with Crippen molar-refractivity contribution in [3.8, 4) is 11.4 Å². The van der Waals surface area contributed by atoms with Gasteiger partial charge in [-0.1, -0.05) is 29.8 Å². The summed E-state index contributed by atoms with van der Waals surface area (Å²) >= 11 is 5.22. The summed E-state index contributed by atoms with van der Waals surface area (Å²) < 4.78 is 2.03. The number of nitrogens with zero attached hydrogens (tertiary/aromatic N) is 4. The maximum Gasteiger partial charge on any atom is 0.216 e. The maximum atomic E-state index is 5.22. The highest BCUT2D eigenvalue weighted by molar-refractivity contribution is 7.71. The number of rotatable bonds is 3. The fourth-order valence-corrected chi connectivity index (χ4v) is 2.13. The Balaban J connectivity index is 2.00. The molecule has 3 rings (SSSR count). The van der Waals surface area contributed by atoms with Crippen LogP contribution in [0.4, 0.5) is 0 Å². The molecule has 21 heavy (non-hydrogen) atoms. The number of benzene rings is 1. The number of nitrogens with one attached hydrogen (secondary N) is 1. The van der Waals surface area contributed by atoms with E-state index < -0.39 is 0 Å². The minimum absolute atomic E-state index is 0.442. The van der Waals surface area contributed by atoms with Gasteiger partial charge in [0.15, 0.2) is 5.82 Å². The molecule has 2 aromatic heterocycles. The van der Waals surface area contributed by atoms with E-state index in [1.807, 2.05) is 37.3 Å². The molecule has 0 atom stereocenters. The van der Waals surface area contributed by atoms with Gasteiger partial charge in [-0.25, -0.2) is 5.10 Å². The third-order valence-electron chi connectivity index (χ3n) is 2.93. The van der Waals surface area contributed by atoms with Gasteiger partial charge in [0.2, 0.25) is 4.77 Å². The van der Waals surface area contributed by atoms with Crippen LogP contribution in [0.15, 0.2) is 53.9 Å². The zero-order chi connectivity index (χ0) is 14.7. The molecule has 0 bridgehead atoms. The first kappa shape index (κ1) is 13.4. The van der Waals surface area contributed by atoms with Gasteiger partial charge in [0.05, 0.1) is 6.21 Å². The molecule has 104 valence electrons. The van der Waals surface area contributed by atoms with E-state index in [2.05, 4.69) is 26.3 Å². The molecule has 0 spiro atoms. The van der Waals surface area contributed by atoms with Crippen molar-refractivity contribution in [1.82, 2.24) is 19.9 Å². The molecule has 3 aromatic rings. The number of pyridine rings is 1. The minimum atomic E-state index is 0.442. The predicted octanol–water partition coefficient (Wildman–Crippen LogP) is 3.19. The third-order valence-corrected chi connectivity index (χ3v) is 3.20. The zero-order valence-electron chi connectivity index (χ0n) is 11.4. The van der Waals surface area contributed by atoms with Crippen molar-refractivity contribution < 1.29 is 0 Å². The highest BCUT2D eigenvalue weighted by Gasteiger charge is 2.07. The molecule has 6 heteroatoms. The summed E-state index contributed by atoms with van der Waals surface area (Å²) in [6.45, 7) is 2.04. The molecule has 0 saturated heterocycles. The smallest absolute Gasteiger partial charge is 0.216 e. The van der Waals surface area contributed by atoms with Crippen LogP contribution >= 0.6 is 12.2 Å². The molecule has 2 heterocycles. The number of aromatic nitrogens is 4. The second-order valence-electron chi connectivity index (χ2n) is 4.56. The van der Waals surface area contributed by atoms with Crippen LogP contribution in [0, 0.1) is 11.7 Å². The Kier molecular flexibility index (Phi) is 3.70. The van der Waals surface area contributed by atoms with Crippen LogP contribution < -0.4 is 0 Å². The monoisotopic (exact) mass is 295 g/mol. The number of aromatic amines is 1. The molecule has 1 aromatic carbocycles. The summed E-state index contributed by atoms with van der Waals surface area (Å²) in [5.74, 6) is 0.636. The number of hydrogen-bond acceptors (Lipinski definition) is 4. The number of hydrogen-bond donors (Lipinski definition) is 1. The Morgan fingerprint density at radius 1 is 1.29 bits per heavy atom. The lowest BCUT2D eigenvalue weighted by atomic mass is 10.2. The molecule has 0 aliphatic carbocycles. The SMILES string of the molecule is Cc1cccc(/C=N\n2c(-c3cccnc3)n[nH]c2=S)c1. The van der Waals surface area contributed by atoms with Gasteiger partial charge in [0.1, 0.15) is 0 Å². The molecule has 0 saturated carbocycles. The van der Waals surface area contributed by atoms with E-state index in [1.54, 1.807) is 23.3 Å². The molecular formula is C15H13N5S. The Morgan fingerprint density at radius 3 is 2.95 bits per heavy atom. The van der Waals surface area contributed by atoms with Crippen LogP contribution in [0.1, 0.15) is 11.1 Å². The Hall–Kier alpha value is -2.60. The Labute approximate surface area is 127 Å². The molecule has 0 aliphatic rings. The van der Waals surface area contributed by atoms with E-state index >= 15 is 0 Å². The van der Waals surface area contributed by atoms with Crippen LogP contribution in [0.3, 0.4) is 0 Å². The van der Waals surface area contributed by atoms with Crippen molar-refractivity contribution in [2.75, 3.05) is 0 Å². The fourth-order valence-electron chi connectivity index (χ4n) is 1.96. The van der Waals surface area contributed by atoms with Gasteiger partial charge in [-0.2, -0.15) is 14.9 Å². The second-order valence-corrected chi connectivity index (χ2v) is 4.95. The minimum Gasteiger partial charge on any atom is -0.264 e. The summed E-state index contributed by atoms with van der Waals surface area (Å²) in [5.41, 5.74) is 3.05. The van der Waals surface area contributed by atoms with Gasteiger partial charge in [-0.15, -0.1) is 0 Å². The molecule has 5 nitrogen and oxygen atoms in total. The van der Waals surface area contributed by atoms with E-state index in [0.29, 0.717) is 10.6 Å². The van der Waals surface area contributed by atoms with Crippen molar-refractivity contribution in [3.63, 3.8) is 0 Å².